The SMILES string of the molecule is CC(Cc1cccc(S(=O)(=O)N(C)C)c1)C(=O)O. The summed E-state index contributed by atoms with van der Waals surface area (Å²) in [5, 5.41) is 8.83. The molecule has 0 saturated heterocycles. The molecule has 1 unspecified atom stereocenters. The lowest BCUT2D eigenvalue weighted by atomic mass is 10.0. The smallest absolute Gasteiger partial charge is 0.306 e. The van der Waals surface area contributed by atoms with Crippen molar-refractivity contribution in [3.63, 3.8) is 0 Å². The van der Waals surface area contributed by atoms with Gasteiger partial charge in [0.2, 0.25) is 10.0 Å². The van der Waals surface area contributed by atoms with Gasteiger partial charge < -0.3 is 5.11 Å². The van der Waals surface area contributed by atoms with E-state index in [1.807, 2.05) is 0 Å². The highest BCUT2D eigenvalue weighted by atomic mass is 32.2. The number of carboxylic acids is 1. The molecule has 0 aliphatic carbocycles. The lowest BCUT2D eigenvalue weighted by Gasteiger charge is -2.13. The molecule has 0 amide bonds. The van der Waals surface area contributed by atoms with Gasteiger partial charge in [-0.1, -0.05) is 19.1 Å². The maximum Gasteiger partial charge on any atom is 0.306 e. The Labute approximate surface area is 107 Å². The van der Waals surface area contributed by atoms with Crippen molar-refractivity contribution in [2.75, 3.05) is 14.1 Å². The van der Waals surface area contributed by atoms with Crippen LogP contribution in [0.15, 0.2) is 29.2 Å². The van der Waals surface area contributed by atoms with Gasteiger partial charge in [0, 0.05) is 14.1 Å². The molecule has 18 heavy (non-hydrogen) atoms. The highest BCUT2D eigenvalue weighted by molar-refractivity contribution is 7.89. The number of hydrogen-bond donors (Lipinski definition) is 1. The lowest BCUT2D eigenvalue weighted by molar-refractivity contribution is -0.141. The van der Waals surface area contributed by atoms with Gasteiger partial charge >= 0.3 is 5.97 Å². The summed E-state index contributed by atoms with van der Waals surface area (Å²) in [6.07, 6.45) is 0.312. The summed E-state index contributed by atoms with van der Waals surface area (Å²) in [5.41, 5.74) is 0.702. The van der Waals surface area contributed by atoms with Crippen molar-refractivity contribution in [3.05, 3.63) is 29.8 Å². The minimum atomic E-state index is -3.47. The lowest BCUT2D eigenvalue weighted by Crippen LogP contribution is -2.22. The molecule has 0 aliphatic heterocycles. The van der Waals surface area contributed by atoms with Crippen LogP contribution in [-0.2, 0) is 21.2 Å². The van der Waals surface area contributed by atoms with Crippen LogP contribution in [0.5, 0.6) is 0 Å². The highest BCUT2D eigenvalue weighted by Gasteiger charge is 2.18. The average Bonchev–Trinajstić information content (AvgIpc) is 2.28. The van der Waals surface area contributed by atoms with Crippen LogP contribution in [0.4, 0.5) is 0 Å². The summed E-state index contributed by atoms with van der Waals surface area (Å²) in [7, 11) is -0.549. The van der Waals surface area contributed by atoms with E-state index in [4.69, 9.17) is 5.11 Å². The molecule has 0 saturated carbocycles. The molecule has 0 spiro atoms. The molecule has 1 aromatic rings. The molecule has 1 N–H and O–H groups in total. The second kappa shape index (κ2) is 5.49. The first-order valence-electron chi connectivity index (χ1n) is 5.49. The Hall–Kier alpha value is -1.40. The van der Waals surface area contributed by atoms with Crippen LogP contribution in [-0.4, -0.2) is 37.9 Å². The first-order valence-corrected chi connectivity index (χ1v) is 6.93. The van der Waals surface area contributed by atoms with Crippen molar-refractivity contribution < 1.29 is 18.3 Å². The summed E-state index contributed by atoms with van der Waals surface area (Å²) in [6.45, 7) is 1.59. The summed E-state index contributed by atoms with van der Waals surface area (Å²) in [6, 6.07) is 6.38. The van der Waals surface area contributed by atoms with Crippen molar-refractivity contribution >= 4 is 16.0 Å². The van der Waals surface area contributed by atoms with Gasteiger partial charge in [0.1, 0.15) is 0 Å². The number of nitrogens with zero attached hydrogens (tertiary/aromatic N) is 1. The first-order chi connectivity index (χ1) is 8.25. The van der Waals surface area contributed by atoms with Crippen LogP contribution in [0.1, 0.15) is 12.5 Å². The van der Waals surface area contributed by atoms with Crippen LogP contribution in [0.25, 0.3) is 0 Å². The number of sulfonamides is 1. The fraction of sp³-hybridized carbons (Fsp3) is 0.417. The van der Waals surface area contributed by atoms with Crippen molar-refractivity contribution in [2.45, 2.75) is 18.2 Å². The first kappa shape index (κ1) is 14.7. The largest absolute Gasteiger partial charge is 0.481 e. The monoisotopic (exact) mass is 271 g/mol. The summed E-state index contributed by atoms with van der Waals surface area (Å²) in [5.74, 6) is -1.43. The van der Waals surface area contributed by atoms with Crippen LogP contribution < -0.4 is 0 Å². The number of hydrogen-bond acceptors (Lipinski definition) is 3. The van der Waals surface area contributed by atoms with Crippen LogP contribution >= 0.6 is 0 Å². The van der Waals surface area contributed by atoms with Gasteiger partial charge in [-0.25, -0.2) is 12.7 Å². The van der Waals surface area contributed by atoms with E-state index in [1.54, 1.807) is 19.1 Å². The van der Waals surface area contributed by atoms with E-state index in [1.165, 1.54) is 26.2 Å². The third kappa shape index (κ3) is 3.30. The molecule has 0 aromatic heterocycles. The van der Waals surface area contributed by atoms with Crippen molar-refractivity contribution in [2.24, 2.45) is 5.92 Å². The highest BCUT2D eigenvalue weighted by Crippen LogP contribution is 2.17. The van der Waals surface area contributed by atoms with E-state index < -0.39 is 21.9 Å². The summed E-state index contributed by atoms with van der Waals surface area (Å²) in [4.78, 5) is 11.0. The standard InChI is InChI=1S/C12H17NO4S/c1-9(12(14)15)7-10-5-4-6-11(8-10)18(16,17)13(2)3/h4-6,8-9H,7H2,1-3H3,(H,14,15). The van der Waals surface area contributed by atoms with E-state index >= 15 is 0 Å². The number of carboxylic acid groups (broad SMARTS) is 1. The number of rotatable bonds is 5. The second-order valence-corrected chi connectivity index (χ2v) is 6.53. The van der Waals surface area contributed by atoms with Gasteiger partial charge in [-0.05, 0) is 24.1 Å². The van der Waals surface area contributed by atoms with Gasteiger partial charge in [0.05, 0.1) is 10.8 Å². The Kier molecular flexibility index (Phi) is 4.48. The third-order valence-electron chi connectivity index (χ3n) is 2.64. The number of aliphatic carboxylic acids is 1. The van der Waals surface area contributed by atoms with E-state index in [-0.39, 0.29) is 4.90 Å². The summed E-state index contributed by atoms with van der Waals surface area (Å²) >= 11 is 0. The maximum absolute atomic E-state index is 11.9. The molecule has 0 bridgehead atoms. The minimum absolute atomic E-state index is 0.183. The molecule has 0 radical (unpaired) electrons. The van der Waals surface area contributed by atoms with Crippen molar-refractivity contribution in [1.29, 1.82) is 0 Å². The molecule has 5 nitrogen and oxygen atoms in total. The Bertz CT molecular complexity index is 537. The predicted octanol–water partition coefficient (Wildman–Crippen LogP) is 1.20. The van der Waals surface area contributed by atoms with Gasteiger partial charge in [0.15, 0.2) is 0 Å². The molecule has 1 rings (SSSR count). The molecule has 0 fully saturated rings. The summed E-state index contributed by atoms with van der Waals surface area (Å²) < 4.78 is 25.0. The van der Waals surface area contributed by atoms with Crippen LogP contribution in [0.2, 0.25) is 0 Å². The molecule has 1 atom stereocenters. The molecule has 100 valence electrons. The molecule has 0 heterocycles. The zero-order valence-corrected chi connectivity index (χ0v) is 11.4. The van der Waals surface area contributed by atoms with Gasteiger partial charge in [-0.2, -0.15) is 0 Å². The molecular formula is C12H17NO4S. The van der Waals surface area contributed by atoms with Crippen molar-refractivity contribution in [1.82, 2.24) is 4.31 Å². The van der Waals surface area contributed by atoms with Gasteiger partial charge in [-0.15, -0.1) is 0 Å². The molecular weight excluding hydrogens is 254 g/mol. The number of benzene rings is 1. The van der Waals surface area contributed by atoms with Gasteiger partial charge in [0.25, 0.3) is 0 Å². The van der Waals surface area contributed by atoms with E-state index in [2.05, 4.69) is 0 Å². The van der Waals surface area contributed by atoms with Crippen LogP contribution in [0.3, 0.4) is 0 Å². The van der Waals surface area contributed by atoms with E-state index in [0.717, 1.165) is 4.31 Å². The fourth-order valence-corrected chi connectivity index (χ4v) is 2.46. The third-order valence-corrected chi connectivity index (χ3v) is 4.45. The zero-order valence-electron chi connectivity index (χ0n) is 10.6. The predicted molar refractivity (Wildman–Crippen MR) is 67.8 cm³/mol. The fourth-order valence-electron chi connectivity index (χ4n) is 1.48. The Morgan fingerprint density at radius 2 is 2.00 bits per heavy atom. The molecule has 6 heteroatoms. The van der Waals surface area contributed by atoms with Gasteiger partial charge in [-0.3, -0.25) is 4.79 Å². The maximum atomic E-state index is 11.9. The van der Waals surface area contributed by atoms with Crippen molar-refractivity contribution in [3.8, 4) is 0 Å². The van der Waals surface area contributed by atoms with Crippen LogP contribution in [0, 0.1) is 5.92 Å². The normalized spacial score (nSPS) is 13.6. The Morgan fingerprint density at radius 3 is 2.50 bits per heavy atom. The van der Waals surface area contributed by atoms with E-state index in [0.29, 0.717) is 12.0 Å². The zero-order chi connectivity index (χ0) is 13.9. The molecule has 0 aliphatic rings. The molecule has 1 aromatic carbocycles. The Morgan fingerprint density at radius 1 is 1.39 bits per heavy atom. The Balaban J connectivity index is 3.04. The quantitative estimate of drug-likeness (QED) is 0.873. The number of carbonyl (C=O) groups is 1. The van der Waals surface area contributed by atoms with E-state index in [9.17, 15) is 13.2 Å². The topological polar surface area (TPSA) is 74.7 Å². The average molecular weight is 271 g/mol. The second-order valence-electron chi connectivity index (χ2n) is 4.38. The minimum Gasteiger partial charge on any atom is -0.481 e.